The zero-order valence-corrected chi connectivity index (χ0v) is 8.51. The third-order valence-electron chi connectivity index (χ3n) is 2.00. The van der Waals surface area contributed by atoms with E-state index in [0.717, 1.165) is 0 Å². The summed E-state index contributed by atoms with van der Waals surface area (Å²) in [6.45, 7) is 1.02. The van der Waals surface area contributed by atoms with Crippen LogP contribution in [0.2, 0.25) is 0 Å². The molecule has 1 saturated heterocycles. The average molecular weight is 236 g/mol. The highest BCUT2D eigenvalue weighted by Gasteiger charge is 2.34. The minimum Gasteiger partial charge on any atom is -0.317 e. The average Bonchev–Trinajstić information content (AvgIpc) is 2.06. The van der Waals surface area contributed by atoms with Crippen molar-refractivity contribution in [2.75, 3.05) is 13.1 Å². The quantitative estimate of drug-likeness (QED) is 0.770. The molecular formula is C6H12ClF2NO2S. The van der Waals surface area contributed by atoms with Gasteiger partial charge in [0, 0.05) is 0 Å². The Hall–Kier alpha value is 0.0600. The second-order valence-corrected chi connectivity index (χ2v) is 5.00. The van der Waals surface area contributed by atoms with Crippen molar-refractivity contribution in [1.29, 1.82) is 0 Å². The van der Waals surface area contributed by atoms with Gasteiger partial charge in [-0.2, -0.15) is 8.78 Å². The normalized spacial score (nSPS) is 19.9. The van der Waals surface area contributed by atoms with E-state index in [1.807, 2.05) is 0 Å². The van der Waals surface area contributed by atoms with E-state index in [-0.39, 0.29) is 12.4 Å². The van der Waals surface area contributed by atoms with Crippen molar-refractivity contribution in [3.05, 3.63) is 0 Å². The Kier molecular flexibility index (Phi) is 5.09. The molecule has 0 atom stereocenters. The lowest BCUT2D eigenvalue weighted by Crippen LogP contribution is -2.38. The van der Waals surface area contributed by atoms with E-state index in [1.165, 1.54) is 0 Å². The molecule has 1 heterocycles. The first-order valence-corrected chi connectivity index (χ1v) is 5.37. The molecule has 1 fully saturated rings. The van der Waals surface area contributed by atoms with Crippen molar-refractivity contribution < 1.29 is 17.2 Å². The van der Waals surface area contributed by atoms with Crippen molar-refractivity contribution in [3.8, 4) is 0 Å². The first kappa shape index (κ1) is 13.1. The fraction of sp³-hybridized carbons (Fsp3) is 1.00. The number of sulfone groups is 1. The molecule has 3 nitrogen and oxygen atoms in total. The van der Waals surface area contributed by atoms with Gasteiger partial charge in [-0.1, -0.05) is 0 Å². The summed E-state index contributed by atoms with van der Waals surface area (Å²) in [5.41, 5.74) is 0. The fourth-order valence-corrected chi connectivity index (χ4v) is 2.45. The molecule has 0 aromatic heterocycles. The summed E-state index contributed by atoms with van der Waals surface area (Å²) >= 11 is 0. The van der Waals surface area contributed by atoms with E-state index in [0.29, 0.717) is 25.9 Å². The summed E-state index contributed by atoms with van der Waals surface area (Å²) in [5, 5.41) is 2.07. The van der Waals surface area contributed by atoms with Crippen molar-refractivity contribution >= 4 is 22.2 Å². The van der Waals surface area contributed by atoms with Crippen molar-refractivity contribution in [2.45, 2.75) is 23.8 Å². The molecule has 1 aliphatic rings. The van der Waals surface area contributed by atoms with Gasteiger partial charge in [-0.3, -0.25) is 0 Å². The standard InChI is InChI=1S/C6H11F2NO2S.ClH/c7-6(8)12(10,11)5-1-3-9-4-2-5;/h5-6,9H,1-4H2;1H. The molecule has 7 heteroatoms. The third kappa shape index (κ3) is 3.03. The third-order valence-corrected chi connectivity index (χ3v) is 3.90. The highest BCUT2D eigenvalue weighted by Crippen LogP contribution is 2.19. The lowest BCUT2D eigenvalue weighted by molar-refractivity contribution is 0.231. The van der Waals surface area contributed by atoms with Crippen LogP contribution in [0.3, 0.4) is 0 Å². The van der Waals surface area contributed by atoms with Gasteiger partial charge in [-0.25, -0.2) is 8.42 Å². The molecule has 0 amide bonds. The maximum absolute atomic E-state index is 12.0. The van der Waals surface area contributed by atoms with Crippen LogP contribution in [0.1, 0.15) is 12.8 Å². The number of halogens is 3. The molecule has 0 radical (unpaired) electrons. The number of alkyl halides is 2. The molecule has 1 aliphatic heterocycles. The summed E-state index contributed by atoms with van der Waals surface area (Å²) in [5.74, 6) is -3.22. The molecular weight excluding hydrogens is 224 g/mol. The van der Waals surface area contributed by atoms with Gasteiger partial charge in [0.2, 0.25) is 9.84 Å². The Balaban J connectivity index is 0.00000144. The zero-order valence-electron chi connectivity index (χ0n) is 6.87. The van der Waals surface area contributed by atoms with E-state index in [4.69, 9.17) is 0 Å². The summed E-state index contributed by atoms with van der Waals surface area (Å²) < 4.78 is 45.8. The highest BCUT2D eigenvalue weighted by atomic mass is 35.5. The topological polar surface area (TPSA) is 46.2 Å². The Bertz CT molecular complexity index is 239. The van der Waals surface area contributed by atoms with Gasteiger partial charge in [0.1, 0.15) is 0 Å². The van der Waals surface area contributed by atoms with Crippen LogP contribution in [0.4, 0.5) is 8.78 Å². The molecule has 80 valence electrons. The summed E-state index contributed by atoms with van der Waals surface area (Å²) in [6, 6.07) is 0. The molecule has 0 saturated carbocycles. The summed E-state index contributed by atoms with van der Waals surface area (Å²) in [7, 11) is -4.17. The Morgan fingerprint density at radius 1 is 1.23 bits per heavy atom. The highest BCUT2D eigenvalue weighted by molar-refractivity contribution is 7.92. The number of nitrogens with one attached hydrogen (secondary N) is 1. The van der Waals surface area contributed by atoms with E-state index >= 15 is 0 Å². The van der Waals surface area contributed by atoms with Gasteiger partial charge >= 0.3 is 5.76 Å². The van der Waals surface area contributed by atoms with Crippen LogP contribution in [-0.2, 0) is 9.84 Å². The van der Waals surface area contributed by atoms with Crippen molar-refractivity contribution in [1.82, 2.24) is 5.32 Å². The van der Waals surface area contributed by atoms with Crippen LogP contribution < -0.4 is 5.32 Å². The Morgan fingerprint density at radius 2 is 1.69 bits per heavy atom. The van der Waals surface area contributed by atoms with Gasteiger partial charge in [0.25, 0.3) is 0 Å². The minimum atomic E-state index is -4.17. The molecule has 0 aliphatic carbocycles. The first-order chi connectivity index (χ1) is 5.55. The van der Waals surface area contributed by atoms with Crippen LogP contribution >= 0.6 is 12.4 Å². The lowest BCUT2D eigenvalue weighted by atomic mass is 10.2. The Labute approximate surface area is 82.2 Å². The van der Waals surface area contributed by atoms with Crippen LogP contribution in [-0.4, -0.2) is 32.5 Å². The fourth-order valence-electron chi connectivity index (χ4n) is 1.27. The van der Waals surface area contributed by atoms with Gasteiger partial charge in [-0.15, -0.1) is 12.4 Å². The van der Waals surface area contributed by atoms with Crippen LogP contribution in [0.25, 0.3) is 0 Å². The van der Waals surface area contributed by atoms with E-state index < -0.39 is 20.8 Å². The predicted molar refractivity (Wildman–Crippen MR) is 48.1 cm³/mol. The largest absolute Gasteiger partial charge is 0.337 e. The van der Waals surface area contributed by atoms with Gasteiger partial charge < -0.3 is 5.32 Å². The molecule has 1 rings (SSSR count). The smallest absolute Gasteiger partial charge is 0.317 e. The monoisotopic (exact) mass is 235 g/mol. The van der Waals surface area contributed by atoms with Gasteiger partial charge in [0.05, 0.1) is 5.25 Å². The first-order valence-electron chi connectivity index (χ1n) is 3.76. The van der Waals surface area contributed by atoms with Gasteiger partial charge in [0.15, 0.2) is 0 Å². The van der Waals surface area contributed by atoms with Crippen molar-refractivity contribution in [2.24, 2.45) is 0 Å². The molecule has 0 spiro atoms. The SMILES string of the molecule is Cl.O=S(=O)(C(F)F)C1CCNCC1. The number of rotatable bonds is 2. The van der Waals surface area contributed by atoms with E-state index in [2.05, 4.69) is 5.32 Å². The lowest BCUT2D eigenvalue weighted by Gasteiger charge is -2.21. The van der Waals surface area contributed by atoms with Crippen LogP contribution in [0.5, 0.6) is 0 Å². The predicted octanol–water partition coefficient (Wildman–Crippen LogP) is 0.798. The summed E-state index contributed by atoms with van der Waals surface area (Å²) in [6.07, 6.45) is 0.597. The van der Waals surface area contributed by atoms with Gasteiger partial charge in [-0.05, 0) is 25.9 Å². The summed E-state index contributed by atoms with van der Waals surface area (Å²) in [4.78, 5) is 0. The number of piperidine rings is 1. The molecule has 13 heavy (non-hydrogen) atoms. The van der Waals surface area contributed by atoms with E-state index in [1.54, 1.807) is 0 Å². The zero-order chi connectivity index (χ0) is 9.19. The maximum Gasteiger partial charge on any atom is 0.337 e. The number of hydrogen-bond acceptors (Lipinski definition) is 3. The molecule has 0 bridgehead atoms. The van der Waals surface area contributed by atoms with Crippen LogP contribution in [0, 0.1) is 0 Å². The van der Waals surface area contributed by atoms with Crippen molar-refractivity contribution in [3.63, 3.8) is 0 Å². The molecule has 0 unspecified atom stereocenters. The van der Waals surface area contributed by atoms with Crippen LogP contribution in [0.15, 0.2) is 0 Å². The molecule has 0 aromatic carbocycles. The minimum absolute atomic E-state index is 0. The number of hydrogen-bond donors (Lipinski definition) is 1. The second kappa shape index (κ2) is 5.07. The second-order valence-electron chi connectivity index (χ2n) is 2.80. The van der Waals surface area contributed by atoms with E-state index in [9.17, 15) is 17.2 Å². The molecule has 0 aromatic rings. The molecule has 1 N–H and O–H groups in total. The maximum atomic E-state index is 12.0. The Morgan fingerprint density at radius 3 is 2.08 bits per heavy atom.